The Balaban J connectivity index is 1.60. The van der Waals surface area contributed by atoms with E-state index in [2.05, 4.69) is 26.6 Å². The maximum atomic E-state index is 12.8. The zero-order chi connectivity index (χ0) is 22.8. The van der Waals surface area contributed by atoms with E-state index >= 15 is 0 Å². The molecule has 0 saturated carbocycles. The summed E-state index contributed by atoms with van der Waals surface area (Å²) in [6.45, 7) is 0. The number of amides is 1. The van der Waals surface area contributed by atoms with E-state index < -0.39 is 5.91 Å². The lowest BCUT2D eigenvalue weighted by molar-refractivity contribution is 0.0975. The molecule has 1 amide bonds. The van der Waals surface area contributed by atoms with Crippen LogP contribution in [-0.2, 0) is 0 Å². The summed E-state index contributed by atoms with van der Waals surface area (Å²) < 4.78 is 7.22. The van der Waals surface area contributed by atoms with Crippen molar-refractivity contribution in [2.45, 2.75) is 0 Å². The number of methoxy groups -OCH3 is 1. The van der Waals surface area contributed by atoms with E-state index in [0.717, 1.165) is 25.3 Å². The number of benzene rings is 3. The van der Waals surface area contributed by atoms with Crippen molar-refractivity contribution in [3.63, 3.8) is 0 Å². The van der Waals surface area contributed by atoms with Crippen molar-refractivity contribution in [1.29, 1.82) is 0 Å². The minimum atomic E-state index is -0.498. The van der Waals surface area contributed by atoms with Crippen LogP contribution < -0.4 is 15.4 Å². The van der Waals surface area contributed by atoms with E-state index in [0.29, 0.717) is 10.7 Å². The van der Waals surface area contributed by atoms with Crippen LogP contribution in [0, 0.1) is 0 Å². The molecular formula is C22H14BrCl2N3O2S2. The Morgan fingerprint density at radius 1 is 1.16 bits per heavy atom. The average molecular weight is 567 g/mol. The second-order valence-electron chi connectivity index (χ2n) is 6.55. The SMILES string of the molecule is COc1c(Cl)cc(Cl)cc1C(=O)NC(=S)Nc1ccc(Br)cc1-c1nc2ccccc2s1. The van der Waals surface area contributed by atoms with Crippen LogP contribution >= 0.6 is 62.7 Å². The first-order chi connectivity index (χ1) is 15.4. The predicted octanol–water partition coefficient (Wildman–Crippen LogP) is 7.17. The van der Waals surface area contributed by atoms with Crippen LogP contribution in [-0.4, -0.2) is 23.1 Å². The Morgan fingerprint density at radius 2 is 1.94 bits per heavy atom. The number of hydrogen-bond donors (Lipinski definition) is 2. The van der Waals surface area contributed by atoms with E-state index in [9.17, 15) is 4.79 Å². The topological polar surface area (TPSA) is 63.2 Å². The number of thiazole rings is 1. The molecule has 2 N–H and O–H groups in total. The molecule has 0 atom stereocenters. The van der Waals surface area contributed by atoms with Gasteiger partial charge in [0.25, 0.3) is 5.91 Å². The van der Waals surface area contributed by atoms with Gasteiger partial charge in [0, 0.05) is 15.1 Å². The van der Waals surface area contributed by atoms with E-state index in [4.69, 9.17) is 45.1 Å². The molecule has 0 aliphatic heterocycles. The summed E-state index contributed by atoms with van der Waals surface area (Å²) in [5.41, 5.74) is 2.64. The number of fused-ring (bicyclic) bond motifs is 1. The van der Waals surface area contributed by atoms with Crippen molar-refractivity contribution in [1.82, 2.24) is 10.3 Å². The number of carbonyl (C=O) groups excluding carboxylic acids is 1. The number of hydrogen-bond acceptors (Lipinski definition) is 5. The average Bonchev–Trinajstić information content (AvgIpc) is 3.18. The van der Waals surface area contributed by atoms with Crippen molar-refractivity contribution >= 4 is 89.6 Å². The number of nitrogens with one attached hydrogen (secondary N) is 2. The quantitative estimate of drug-likeness (QED) is 0.256. The number of para-hydroxylation sites is 1. The fraction of sp³-hybridized carbons (Fsp3) is 0.0455. The fourth-order valence-electron chi connectivity index (χ4n) is 3.05. The predicted molar refractivity (Wildman–Crippen MR) is 139 cm³/mol. The highest BCUT2D eigenvalue weighted by Crippen LogP contribution is 2.36. The van der Waals surface area contributed by atoms with Crippen molar-refractivity contribution < 1.29 is 9.53 Å². The van der Waals surface area contributed by atoms with E-state index in [1.54, 1.807) is 11.3 Å². The maximum Gasteiger partial charge on any atom is 0.261 e. The molecule has 0 aliphatic carbocycles. The largest absolute Gasteiger partial charge is 0.494 e. The molecular weight excluding hydrogens is 553 g/mol. The van der Waals surface area contributed by atoms with Gasteiger partial charge in [-0.3, -0.25) is 10.1 Å². The lowest BCUT2D eigenvalue weighted by atomic mass is 10.2. The molecule has 0 unspecified atom stereocenters. The summed E-state index contributed by atoms with van der Waals surface area (Å²) in [6.07, 6.45) is 0. The monoisotopic (exact) mass is 565 g/mol. The maximum absolute atomic E-state index is 12.8. The van der Waals surface area contributed by atoms with E-state index in [1.807, 2.05) is 42.5 Å². The molecule has 0 fully saturated rings. The summed E-state index contributed by atoms with van der Waals surface area (Å²) in [5, 5.41) is 7.21. The minimum absolute atomic E-state index is 0.109. The van der Waals surface area contributed by atoms with Crippen molar-refractivity contribution in [2.24, 2.45) is 0 Å². The number of thiocarbonyl (C=S) groups is 1. The van der Waals surface area contributed by atoms with Gasteiger partial charge in [0.15, 0.2) is 5.11 Å². The summed E-state index contributed by atoms with van der Waals surface area (Å²) in [4.78, 5) is 17.5. The Bertz CT molecular complexity index is 1330. The molecule has 1 heterocycles. The lowest BCUT2D eigenvalue weighted by Crippen LogP contribution is -2.34. The molecule has 3 aromatic carbocycles. The second-order valence-corrected chi connectivity index (χ2v) is 9.75. The van der Waals surface area contributed by atoms with Gasteiger partial charge in [-0.2, -0.15) is 0 Å². The number of anilines is 1. The second kappa shape index (κ2) is 9.72. The third-order valence-corrected chi connectivity index (χ3v) is 6.70. The van der Waals surface area contributed by atoms with Gasteiger partial charge in [0.2, 0.25) is 0 Å². The zero-order valence-corrected chi connectivity index (χ0v) is 21.1. The first-order valence-electron chi connectivity index (χ1n) is 9.16. The molecule has 32 heavy (non-hydrogen) atoms. The molecule has 0 spiro atoms. The molecule has 10 heteroatoms. The molecule has 162 valence electrons. The fourth-order valence-corrected chi connectivity index (χ4v) is 5.18. The van der Waals surface area contributed by atoms with Crippen LogP contribution in [0.3, 0.4) is 0 Å². The van der Waals surface area contributed by atoms with Gasteiger partial charge < -0.3 is 10.1 Å². The van der Waals surface area contributed by atoms with Crippen LogP contribution in [0.15, 0.2) is 59.1 Å². The molecule has 5 nitrogen and oxygen atoms in total. The molecule has 1 aromatic heterocycles. The first kappa shape index (κ1) is 22.9. The van der Waals surface area contributed by atoms with Crippen LogP contribution in [0.1, 0.15) is 10.4 Å². The third-order valence-electron chi connectivity index (χ3n) is 4.44. The van der Waals surface area contributed by atoms with Gasteiger partial charge in [-0.1, -0.05) is 51.3 Å². The van der Waals surface area contributed by atoms with Gasteiger partial charge in [-0.15, -0.1) is 11.3 Å². The van der Waals surface area contributed by atoms with Gasteiger partial charge >= 0.3 is 0 Å². The summed E-state index contributed by atoms with van der Waals surface area (Å²) >= 11 is 22.6. The van der Waals surface area contributed by atoms with Gasteiger partial charge in [-0.05, 0) is 54.7 Å². The molecule has 4 aromatic rings. The number of halogens is 3. The van der Waals surface area contributed by atoms with Crippen molar-refractivity contribution in [3.05, 3.63) is 74.7 Å². The summed E-state index contributed by atoms with van der Waals surface area (Å²) in [5.74, 6) is -0.280. The van der Waals surface area contributed by atoms with E-state index in [1.165, 1.54) is 19.2 Å². The number of aromatic nitrogens is 1. The molecule has 0 radical (unpaired) electrons. The smallest absolute Gasteiger partial charge is 0.261 e. The highest BCUT2D eigenvalue weighted by Gasteiger charge is 2.19. The first-order valence-corrected chi connectivity index (χ1v) is 11.9. The molecule has 0 aliphatic rings. The van der Waals surface area contributed by atoms with Gasteiger partial charge in [-0.25, -0.2) is 4.98 Å². The molecule has 0 bridgehead atoms. The van der Waals surface area contributed by atoms with Crippen LogP contribution in [0.4, 0.5) is 5.69 Å². The Hall–Kier alpha value is -2.23. The Morgan fingerprint density at radius 3 is 2.69 bits per heavy atom. The zero-order valence-electron chi connectivity index (χ0n) is 16.4. The summed E-state index contributed by atoms with van der Waals surface area (Å²) in [6, 6.07) is 16.6. The normalized spacial score (nSPS) is 10.8. The minimum Gasteiger partial charge on any atom is -0.494 e. The Labute approximate surface area is 211 Å². The third kappa shape index (κ3) is 4.89. The van der Waals surface area contributed by atoms with Gasteiger partial charge in [0.05, 0.1) is 33.6 Å². The van der Waals surface area contributed by atoms with Gasteiger partial charge in [0.1, 0.15) is 10.8 Å². The van der Waals surface area contributed by atoms with E-state index in [-0.39, 0.29) is 21.4 Å². The molecule has 4 rings (SSSR count). The lowest BCUT2D eigenvalue weighted by Gasteiger charge is -2.14. The van der Waals surface area contributed by atoms with Crippen LogP contribution in [0.5, 0.6) is 5.75 Å². The van der Waals surface area contributed by atoms with Crippen molar-refractivity contribution in [2.75, 3.05) is 12.4 Å². The number of nitrogens with zero attached hydrogens (tertiary/aromatic N) is 1. The van der Waals surface area contributed by atoms with Crippen LogP contribution in [0.2, 0.25) is 10.0 Å². The number of rotatable bonds is 4. The standard InChI is InChI=1S/C22H14BrCl2N3O2S2/c1-30-19-14(9-12(24)10-15(19)25)20(29)28-22(31)27-16-7-6-11(23)8-13(16)21-26-17-4-2-3-5-18(17)32-21/h2-10H,1H3,(H2,27,28,29,31). The van der Waals surface area contributed by atoms with Crippen LogP contribution in [0.25, 0.3) is 20.8 Å². The number of carbonyl (C=O) groups is 1. The highest BCUT2D eigenvalue weighted by molar-refractivity contribution is 9.10. The highest BCUT2D eigenvalue weighted by atomic mass is 79.9. The Kier molecular flexibility index (Phi) is 6.97. The van der Waals surface area contributed by atoms with Crippen molar-refractivity contribution in [3.8, 4) is 16.3 Å². The summed E-state index contributed by atoms with van der Waals surface area (Å²) in [7, 11) is 1.43. The molecule has 0 saturated heterocycles. The number of ether oxygens (including phenoxy) is 1.